The third kappa shape index (κ3) is 14.0. The molecule has 0 amide bonds. The molecular weight excluding hydrogens is 491 g/mol. The molecule has 0 fully saturated rings. The second-order valence-corrected chi connectivity index (χ2v) is 32.8. The van der Waals surface area contributed by atoms with Gasteiger partial charge in [0.1, 0.15) is 0 Å². The first kappa shape index (κ1) is 26.3. The molecule has 7 heteroatoms. The first-order valence-electron chi connectivity index (χ1n) is 9.97. The van der Waals surface area contributed by atoms with E-state index in [0.29, 0.717) is 0 Å². The molecule has 25 heavy (non-hydrogen) atoms. The second kappa shape index (κ2) is 17.4. The van der Waals surface area contributed by atoms with Crippen LogP contribution in [-0.4, -0.2) is 37.3 Å². The molecule has 148 valence electrons. The number of hydrogen-bond acceptors (Lipinski definition) is 4. The summed E-state index contributed by atoms with van der Waals surface area (Å²) in [6.45, 7) is 11.1. The maximum absolute atomic E-state index is 5.70. The minimum atomic E-state index is -2.54. The average molecular weight is 529 g/mol. The van der Waals surface area contributed by atoms with Gasteiger partial charge in [0.25, 0.3) is 0 Å². The van der Waals surface area contributed by atoms with Gasteiger partial charge < -0.3 is 0 Å². The monoisotopic (exact) mass is 530 g/mol. The third-order valence-corrected chi connectivity index (χ3v) is 33.8. The molecule has 2 N–H and O–H groups in total. The molecule has 0 atom stereocenters. The van der Waals surface area contributed by atoms with Crippen LogP contribution in [0.2, 0.25) is 8.87 Å². The van der Waals surface area contributed by atoms with Gasteiger partial charge in [-0.3, -0.25) is 0 Å². The van der Waals surface area contributed by atoms with Gasteiger partial charge in [-0.25, -0.2) is 0 Å². The SMILES string of the molecule is CCCCNC(=S)[S][Sn]([CH2]CCC)([CH2]CCC)[S]C(=S)NCCCC. The first-order chi connectivity index (χ1) is 12.0. The second-order valence-electron chi connectivity index (χ2n) is 6.46. The zero-order valence-corrected chi connectivity index (χ0v) is 22.7. The molecular formula is C18H38N2S4Sn. The molecule has 0 radical (unpaired) electrons. The van der Waals surface area contributed by atoms with E-state index in [9.17, 15) is 0 Å². The molecule has 0 aromatic rings. The number of nitrogens with one attached hydrogen (secondary N) is 2. The molecule has 0 bridgehead atoms. The van der Waals surface area contributed by atoms with Crippen molar-refractivity contribution in [1.82, 2.24) is 10.6 Å². The van der Waals surface area contributed by atoms with E-state index in [1.165, 1.54) is 60.2 Å². The van der Waals surface area contributed by atoms with Gasteiger partial charge in [-0.05, 0) is 0 Å². The van der Waals surface area contributed by atoms with Crippen molar-refractivity contribution in [2.24, 2.45) is 0 Å². The summed E-state index contributed by atoms with van der Waals surface area (Å²) in [6.07, 6.45) is 9.95. The van der Waals surface area contributed by atoms with E-state index < -0.39 is 15.6 Å². The molecule has 0 saturated carbocycles. The van der Waals surface area contributed by atoms with Gasteiger partial charge in [0.15, 0.2) is 0 Å². The minimum absolute atomic E-state index is 1.01. The quantitative estimate of drug-likeness (QED) is 0.145. The molecule has 0 unspecified atom stereocenters. The number of hydrogen-bond donors (Lipinski definition) is 2. The average Bonchev–Trinajstić information content (AvgIpc) is 2.58. The van der Waals surface area contributed by atoms with Crippen LogP contribution in [0.15, 0.2) is 0 Å². The van der Waals surface area contributed by atoms with Crippen molar-refractivity contribution in [3.63, 3.8) is 0 Å². The van der Waals surface area contributed by atoms with Crippen molar-refractivity contribution in [1.29, 1.82) is 0 Å². The normalized spacial score (nSPS) is 11.4. The van der Waals surface area contributed by atoms with E-state index >= 15 is 0 Å². The molecule has 2 nitrogen and oxygen atoms in total. The molecule has 0 rings (SSSR count). The summed E-state index contributed by atoms with van der Waals surface area (Å²) in [5, 5.41) is 6.97. The fraction of sp³-hybridized carbons (Fsp3) is 0.889. The van der Waals surface area contributed by atoms with Gasteiger partial charge in [0.2, 0.25) is 0 Å². The zero-order chi connectivity index (χ0) is 19.0. The predicted octanol–water partition coefficient (Wildman–Crippen LogP) is 6.84. The van der Waals surface area contributed by atoms with Gasteiger partial charge in [0.05, 0.1) is 0 Å². The zero-order valence-electron chi connectivity index (χ0n) is 16.6. The summed E-state index contributed by atoms with van der Waals surface area (Å²) in [5.41, 5.74) is 0. The fourth-order valence-electron chi connectivity index (χ4n) is 2.39. The van der Waals surface area contributed by atoms with Crippen molar-refractivity contribution in [3.8, 4) is 0 Å². The van der Waals surface area contributed by atoms with Crippen LogP contribution >= 0.6 is 42.3 Å². The van der Waals surface area contributed by atoms with Crippen molar-refractivity contribution >= 4 is 66.6 Å². The van der Waals surface area contributed by atoms with Crippen LogP contribution < -0.4 is 10.6 Å². The van der Waals surface area contributed by atoms with E-state index in [-0.39, 0.29) is 0 Å². The summed E-state index contributed by atoms with van der Waals surface area (Å²) in [5.74, 6) is 0. The Labute approximate surface area is 177 Å². The molecule has 0 aromatic carbocycles. The van der Waals surface area contributed by atoms with Crippen LogP contribution in [0.1, 0.15) is 79.1 Å². The van der Waals surface area contributed by atoms with Gasteiger partial charge in [0, 0.05) is 0 Å². The number of thiocarbonyl (C=S) groups is 2. The Kier molecular flexibility index (Phi) is 18.3. The Hall–Kier alpha value is 1.28. The molecule has 0 heterocycles. The maximum atomic E-state index is 5.70. The standard InChI is InChI=1S/2C5H11NS2.2C4H9.Sn/c2*1-2-3-4-6-5(7)8;2*1-3-4-2;/h2*2-4H2,1H3,(H2,6,7,8);2*1,3-4H2,2H3;/q;;;;+2/p-2. The topological polar surface area (TPSA) is 24.1 Å². The molecule has 0 aromatic heterocycles. The Morgan fingerprint density at radius 1 is 0.680 bits per heavy atom. The van der Waals surface area contributed by atoms with Crippen LogP contribution in [-0.2, 0) is 0 Å². The van der Waals surface area contributed by atoms with Crippen LogP contribution in [0.25, 0.3) is 0 Å². The van der Waals surface area contributed by atoms with Crippen molar-refractivity contribution in [2.75, 3.05) is 13.1 Å². The Morgan fingerprint density at radius 2 is 1.04 bits per heavy atom. The van der Waals surface area contributed by atoms with Gasteiger partial charge in [-0.15, -0.1) is 0 Å². The third-order valence-electron chi connectivity index (χ3n) is 3.98. The fourth-order valence-corrected chi connectivity index (χ4v) is 37.4. The molecule has 0 aliphatic rings. The van der Waals surface area contributed by atoms with Gasteiger partial charge in [-0.2, -0.15) is 0 Å². The van der Waals surface area contributed by atoms with Gasteiger partial charge in [-0.1, -0.05) is 0 Å². The van der Waals surface area contributed by atoms with Crippen molar-refractivity contribution < 1.29 is 0 Å². The van der Waals surface area contributed by atoms with Crippen LogP contribution in [0, 0.1) is 0 Å². The predicted molar refractivity (Wildman–Crippen MR) is 131 cm³/mol. The van der Waals surface area contributed by atoms with E-state index in [2.05, 4.69) is 56.2 Å². The summed E-state index contributed by atoms with van der Waals surface area (Å²) in [6, 6.07) is 0. The molecule has 0 aliphatic heterocycles. The summed E-state index contributed by atoms with van der Waals surface area (Å²) in [4.78, 5) is 0. The number of rotatable bonds is 14. The molecule has 0 aliphatic carbocycles. The Balaban J connectivity index is 4.93. The Morgan fingerprint density at radius 3 is 1.36 bits per heavy atom. The van der Waals surface area contributed by atoms with E-state index in [1.807, 2.05) is 0 Å². The summed E-state index contributed by atoms with van der Waals surface area (Å²) < 4.78 is 4.79. The van der Waals surface area contributed by atoms with E-state index in [1.54, 1.807) is 0 Å². The van der Waals surface area contributed by atoms with Crippen LogP contribution in [0.4, 0.5) is 0 Å². The molecule has 0 saturated heterocycles. The van der Waals surface area contributed by atoms with Crippen LogP contribution in [0.3, 0.4) is 0 Å². The van der Waals surface area contributed by atoms with E-state index in [0.717, 1.165) is 21.7 Å². The summed E-state index contributed by atoms with van der Waals surface area (Å²) in [7, 11) is 4.11. The van der Waals surface area contributed by atoms with Crippen molar-refractivity contribution in [2.45, 2.75) is 87.9 Å². The van der Waals surface area contributed by atoms with Crippen LogP contribution in [0.5, 0.6) is 0 Å². The van der Waals surface area contributed by atoms with E-state index in [4.69, 9.17) is 24.4 Å². The van der Waals surface area contributed by atoms with Gasteiger partial charge >= 0.3 is 178 Å². The summed E-state index contributed by atoms with van der Waals surface area (Å²) >= 11 is 8.86. The molecule has 0 spiro atoms. The first-order valence-corrected chi connectivity index (χ1v) is 23.4. The van der Waals surface area contributed by atoms with Crippen molar-refractivity contribution in [3.05, 3.63) is 0 Å². The number of unbranched alkanes of at least 4 members (excludes halogenated alkanes) is 4. The Bertz CT molecular complexity index is 333.